The van der Waals surface area contributed by atoms with E-state index in [4.69, 9.17) is 4.42 Å². The first-order valence-corrected chi connectivity index (χ1v) is 19.6. The van der Waals surface area contributed by atoms with Gasteiger partial charge in [-0.2, -0.15) is 8.42 Å². The van der Waals surface area contributed by atoms with E-state index in [0.29, 0.717) is 49.9 Å². The molecular formula is C33H44N5NaO10S2. The number of aromatic hydroxyl groups is 1. The van der Waals surface area contributed by atoms with Gasteiger partial charge in [0.1, 0.15) is 11.5 Å². The molecule has 15 nitrogen and oxygen atoms in total. The SMILES string of the molecule is CN(CCS(=O)(=O)[O-])C(=O)CCCCCCC(=O)NCCCc1cc(O)c(C(c2cccc(NS(=O)(=O)c3cn(C)cn3)c2)C2CC2)c(=O)o1.[Na+]. The number of benzene rings is 1. The number of nitrogens with zero attached hydrogens (tertiary/aromatic N) is 3. The first-order valence-electron chi connectivity index (χ1n) is 16.5. The van der Waals surface area contributed by atoms with E-state index in [-0.39, 0.29) is 82.4 Å². The molecule has 1 fully saturated rings. The number of rotatable bonds is 20. The Balaban J connectivity index is 0.00000702. The van der Waals surface area contributed by atoms with Crippen molar-refractivity contribution in [3.05, 3.63) is 70.2 Å². The summed E-state index contributed by atoms with van der Waals surface area (Å²) in [5, 5.41) is 13.7. The Morgan fingerprint density at radius 2 is 1.80 bits per heavy atom. The van der Waals surface area contributed by atoms with Crippen molar-refractivity contribution in [3.8, 4) is 5.75 Å². The third kappa shape index (κ3) is 13.4. The fraction of sp³-hybridized carbons (Fsp3) is 0.515. The molecule has 18 heteroatoms. The van der Waals surface area contributed by atoms with Crippen LogP contribution >= 0.6 is 0 Å². The molecule has 0 aliphatic heterocycles. The van der Waals surface area contributed by atoms with E-state index in [0.717, 1.165) is 25.7 Å². The predicted octanol–water partition coefficient (Wildman–Crippen LogP) is -0.181. The molecule has 1 atom stereocenters. The summed E-state index contributed by atoms with van der Waals surface area (Å²) in [5.41, 5.74) is 0.428. The number of aromatic nitrogens is 2. The number of hydrogen-bond donors (Lipinski definition) is 3. The van der Waals surface area contributed by atoms with Crippen molar-refractivity contribution in [2.24, 2.45) is 13.0 Å². The third-order valence-electron chi connectivity index (χ3n) is 8.45. The minimum atomic E-state index is -4.37. The van der Waals surface area contributed by atoms with Crippen molar-refractivity contribution in [3.63, 3.8) is 0 Å². The number of imidazole rings is 1. The minimum absolute atomic E-state index is 0. The van der Waals surface area contributed by atoms with Gasteiger partial charge in [-0.05, 0) is 55.7 Å². The maximum Gasteiger partial charge on any atom is 1.00 e. The van der Waals surface area contributed by atoms with Gasteiger partial charge in [0.05, 0.1) is 27.8 Å². The molecule has 1 saturated carbocycles. The number of nitrogens with one attached hydrogen (secondary N) is 2. The van der Waals surface area contributed by atoms with E-state index in [1.54, 1.807) is 31.3 Å². The number of amides is 2. The number of hydrogen-bond acceptors (Lipinski definition) is 11. The smallest absolute Gasteiger partial charge is 0.748 e. The number of anilines is 1. The fourth-order valence-corrected chi connectivity index (χ4v) is 7.17. The summed E-state index contributed by atoms with van der Waals surface area (Å²) >= 11 is 0. The monoisotopic (exact) mass is 757 g/mol. The van der Waals surface area contributed by atoms with Gasteiger partial charge in [-0.1, -0.05) is 25.0 Å². The van der Waals surface area contributed by atoms with Crippen LogP contribution in [0.1, 0.15) is 80.6 Å². The van der Waals surface area contributed by atoms with Crippen LogP contribution in [-0.2, 0) is 43.2 Å². The van der Waals surface area contributed by atoms with Crippen LogP contribution in [0.15, 0.2) is 57.1 Å². The van der Waals surface area contributed by atoms with Gasteiger partial charge < -0.3 is 28.9 Å². The first-order chi connectivity index (χ1) is 23.6. The Labute approximate surface area is 320 Å². The second-order valence-corrected chi connectivity index (χ2v) is 15.8. The molecule has 2 amide bonds. The van der Waals surface area contributed by atoms with Crippen LogP contribution < -0.4 is 45.2 Å². The quantitative estimate of drug-likeness (QED) is 0.0780. The van der Waals surface area contributed by atoms with E-state index in [9.17, 15) is 40.9 Å². The van der Waals surface area contributed by atoms with E-state index in [1.165, 1.54) is 35.1 Å². The molecule has 0 spiro atoms. The second kappa shape index (κ2) is 19.0. The zero-order valence-corrected chi connectivity index (χ0v) is 32.8. The number of unbranched alkanes of at least 4 members (excludes halogenated alkanes) is 3. The Bertz CT molecular complexity index is 1930. The third-order valence-corrected chi connectivity index (χ3v) is 10.4. The van der Waals surface area contributed by atoms with E-state index >= 15 is 0 Å². The first kappa shape index (κ1) is 42.2. The van der Waals surface area contributed by atoms with Gasteiger partial charge in [-0.15, -0.1) is 0 Å². The fourth-order valence-electron chi connectivity index (χ4n) is 5.64. The Morgan fingerprint density at radius 3 is 2.43 bits per heavy atom. The molecule has 0 radical (unpaired) electrons. The van der Waals surface area contributed by atoms with Gasteiger partial charge in [-0.3, -0.25) is 14.3 Å². The van der Waals surface area contributed by atoms with Crippen molar-refractivity contribution >= 4 is 37.6 Å². The number of sulfonamides is 1. The average molecular weight is 758 g/mol. The normalized spacial score (nSPS) is 13.6. The van der Waals surface area contributed by atoms with Crippen LogP contribution in [0.4, 0.5) is 5.69 Å². The largest absolute Gasteiger partial charge is 1.00 e. The molecular weight excluding hydrogens is 714 g/mol. The molecule has 3 N–H and O–H groups in total. The van der Waals surface area contributed by atoms with Gasteiger partial charge in [0, 0.05) is 70.3 Å². The van der Waals surface area contributed by atoms with Gasteiger partial charge >= 0.3 is 35.2 Å². The molecule has 1 aliphatic carbocycles. The molecule has 0 saturated heterocycles. The van der Waals surface area contributed by atoms with Crippen molar-refractivity contribution in [2.75, 3.05) is 30.6 Å². The second-order valence-electron chi connectivity index (χ2n) is 12.7. The molecule has 0 bridgehead atoms. The van der Waals surface area contributed by atoms with E-state index < -0.39 is 37.4 Å². The average Bonchev–Trinajstić information content (AvgIpc) is 3.78. The van der Waals surface area contributed by atoms with Crippen LogP contribution in [0.2, 0.25) is 0 Å². The van der Waals surface area contributed by atoms with Crippen molar-refractivity contribution in [1.29, 1.82) is 0 Å². The standard InChI is InChI=1S/C33H45N5O10S2.Na/c1-37-21-29(35-22-37)50(46,47)36-25-10-7-9-24(19-25)31(23-14-15-23)32-27(39)20-26(48-33(32)42)11-8-16-34-28(40)12-5-3-4-6-13-30(41)38(2)17-18-49(43,44)45;/h7,9-10,19-23,31,36,39H,3-6,8,11-18H2,1-2H3,(H,34,40)(H,43,44,45);/q;+1/p-1. The van der Waals surface area contributed by atoms with E-state index in [2.05, 4.69) is 15.0 Å². The maximum absolute atomic E-state index is 13.2. The Kier molecular flexibility index (Phi) is 15.7. The van der Waals surface area contributed by atoms with Crippen LogP contribution in [0.25, 0.3) is 0 Å². The van der Waals surface area contributed by atoms with Gasteiger partial charge in [-0.25, -0.2) is 18.2 Å². The summed E-state index contributed by atoms with van der Waals surface area (Å²) in [6.07, 6.45) is 8.48. The van der Waals surface area contributed by atoms with Crippen LogP contribution in [0.5, 0.6) is 5.75 Å². The summed E-state index contributed by atoms with van der Waals surface area (Å²) in [6, 6.07) is 8.15. The Morgan fingerprint density at radius 1 is 1.10 bits per heavy atom. The van der Waals surface area contributed by atoms with Crippen LogP contribution in [0, 0.1) is 5.92 Å². The Hall–Kier alpha value is -3.22. The number of aryl methyl sites for hydroxylation is 2. The van der Waals surface area contributed by atoms with Crippen LogP contribution in [-0.4, -0.2) is 78.7 Å². The van der Waals surface area contributed by atoms with E-state index in [1.807, 2.05) is 0 Å². The zero-order chi connectivity index (χ0) is 36.5. The van der Waals surface area contributed by atoms with Gasteiger partial charge in [0.25, 0.3) is 10.0 Å². The molecule has 3 aromatic rings. The topological polar surface area (TPSA) is 221 Å². The predicted molar refractivity (Wildman–Crippen MR) is 183 cm³/mol. The van der Waals surface area contributed by atoms with Crippen molar-refractivity contribution < 1.29 is 70.1 Å². The van der Waals surface area contributed by atoms with Gasteiger partial charge in [0.15, 0.2) is 5.03 Å². The molecule has 1 aliphatic rings. The summed E-state index contributed by atoms with van der Waals surface area (Å²) in [7, 11) is -5.18. The van der Waals surface area contributed by atoms with Crippen molar-refractivity contribution in [2.45, 2.75) is 75.2 Å². The summed E-state index contributed by atoms with van der Waals surface area (Å²) < 4.78 is 67.4. The molecule has 2 aromatic heterocycles. The molecule has 2 heterocycles. The molecule has 1 unspecified atom stereocenters. The summed E-state index contributed by atoms with van der Waals surface area (Å²) in [4.78, 5) is 42.6. The molecule has 4 rings (SSSR count). The maximum atomic E-state index is 13.2. The van der Waals surface area contributed by atoms with Gasteiger partial charge in [0.2, 0.25) is 11.8 Å². The molecule has 274 valence electrons. The molecule has 1 aromatic carbocycles. The molecule has 51 heavy (non-hydrogen) atoms. The number of carbonyl (C=O) groups is 2. The minimum Gasteiger partial charge on any atom is -0.748 e. The number of carbonyl (C=O) groups excluding carboxylic acids is 2. The zero-order valence-electron chi connectivity index (χ0n) is 29.2. The van der Waals surface area contributed by atoms with Crippen molar-refractivity contribution in [1.82, 2.24) is 19.8 Å². The summed E-state index contributed by atoms with van der Waals surface area (Å²) in [5.74, 6) is -1.29. The summed E-state index contributed by atoms with van der Waals surface area (Å²) in [6.45, 7) is 0.209. The van der Waals surface area contributed by atoms with Crippen LogP contribution in [0.3, 0.4) is 0 Å².